The zero-order valence-electron chi connectivity index (χ0n) is 12.4. The largest absolute Gasteiger partial charge is 0.342 e. The van der Waals surface area contributed by atoms with E-state index in [1.807, 2.05) is 24.1 Å². The summed E-state index contributed by atoms with van der Waals surface area (Å²) in [5, 5.41) is 10.3. The highest BCUT2D eigenvalue weighted by molar-refractivity contribution is 7.09. The summed E-state index contributed by atoms with van der Waals surface area (Å²) in [7, 11) is 0. The van der Waals surface area contributed by atoms with E-state index in [1.165, 1.54) is 0 Å². The number of aromatic amines is 1. The first-order valence-corrected chi connectivity index (χ1v) is 8.20. The molecule has 5 nitrogen and oxygen atoms in total. The topological polar surface area (TPSA) is 61.9 Å². The Kier molecular flexibility index (Phi) is 4.05. The highest BCUT2D eigenvalue weighted by Crippen LogP contribution is 2.26. The molecule has 21 heavy (non-hydrogen) atoms. The summed E-state index contributed by atoms with van der Waals surface area (Å²) < 4.78 is 0. The molecule has 1 saturated heterocycles. The van der Waals surface area contributed by atoms with E-state index in [4.69, 9.17) is 0 Å². The Morgan fingerprint density at radius 2 is 2.38 bits per heavy atom. The zero-order chi connectivity index (χ0) is 14.8. The van der Waals surface area contributed by atoms with Gasteiger partial charge >= 0.3 is 0 Å². The van der Waals surface area contributed by atoms with Crippen molar-refractivity contribution in [2.24, 2.45) is 0 Å². The van der Waals surface area contributed by atoms with Crippen LogP contribution in [0.4, 0.5) is 0 Å². The molecule has 0 aliphatic carbocycles. The van der Waals surface area contributed by atoms with E-state index in [0.29, 0.717) is 12.3 Å². The van der Waals surface area contributed by atoms with Crippen LogP contribution in [-0.2, 0) is 11.2 Å². The Bertz CT molecular complexity index is 633. The Hall–Kier alpha value is -1.69. The maximum absolute atomic E-state index is 12.4. The number of piperidine rings is 1. The summed E-state index contributed by atoms with van der Waals surface area (Å²) in [6.07, 6.45) is 2.55. The molecule has 3 heterocycles. The van der Waals surface area contributed by atoms with Crippen molar-refractivity contribution < 1.29 is 4.79 Å². The molecule has 0 spiro atoms. The van der Waals surface area contributed by atoms with Gasteiger partial charge < -0.3 is 4.90 Å². The maximum Gasteiger partial charge on any atom is 0.228 e. The molecule has 1 aliphatic heterocycles. The standard InChI is InChI=1S/C15H20N4OS/c1-10-6-14(18-17-10)12-4-3-5-19(8-12)15(20)7-13-9-21-11(2)16-13/h6,9,12H,3-5,7-8H2,1-2H3,(H,17,18)/t12-/m0/s1. The summed E-state index contributed by atoms with van der Waals surface area (Å²) in [6.45, 7) is 5.59. The second kappa shape index (κ2) is 5.97. The molecule has 1 aliphatic rings. The second-order valence-electron chi connectivity index (χ2n) is 5.69. The van der Waals surface area contributed by atoms with Gasteiger partial charge in [0.25, 0.3) is 0 Å². The van der Waals surface area contributed by atoms with Crippen molar-refractivity contribution in [3.05, 3.63) is 33.5 Å². The molecule has 2 aromatic heterocycles. The third kappa shape index (κ3) is 3.32. The first-order valence-electron chi connectivity index (χ1n) is 7.32. The van der Waals surface area contributed by atoms with Crippen molar-refractivity contribution in [1.82, 2.24) is 20.1 Å². The second-order valence-corrected chi connectivity index (χ2v) is 6.75. The van der Waals surface area contributed by atoms with Gasteiger partial charge in [-0.2, -0.15) is 5.10 Å². The van der Waals surface area contributed by atoms with Gasteiger partial charge in [0.15, 0.2) is 0 Å². The molecule has 1 atom stereocenters. The van der Waals surface area contributed by atoms with Crippen molar-refractivity contribution in [3.8, 4) is 0 Å². The highest BCUT2D eigenvalue weighted by atomic mass is 32.1. The molecule has 2 aromatic rings. The minimum atomic E-state index is 0.178. The van der Waals surface area contributed by atoms with Crippen LogP contribution in [0.5, 0.6) is 0 Å². The Morgan fingerprint density at radius 1 is 1.52 bits per heavy atom. The fourth-order valence-electron chi connectivity index (χ4n) is 2.85. The smallest absolute Gasteiger partial charge is 0.228 e. The number of carbonyl (C=O) groups is 1. The minimum Gasteiger partial charge on any atom is -0.342 e. The molecule has 1 fully saturated rings. The van der Waals surface area contributed by atoms with Crippen molar-refractivity contribution in [1.29, 1.82) is 0 Å². The lowest BCUT2D eigenvalue weighted by Gasteiger charge is -2.32. The van der Waals surface area contributed by atoms with Crippen LogP contribution in [0.3, 0.4) is 0 Å². The molecular formula is C15H20N4OS. The summed E-state index contributed by atoms with van der Waals surface area (Å²) in [5.74, 6) is 0.530. The van der Waals surface area contributed by atoms with Crippen molar-refractivity contribution in [2.45, 2.75) is 39.0 Å². The number of nitrogens with one attached hydrogen (secondary N) is 1. The lowest BCUT2D eigenvalue weighted by Crippen LogP contribution is -2.40. The number of hydrogen-bond donors (Lipinski definition) is 1. The summed E-state index contributed by atoms with van der Waals surface area (Å²) >= 11 is 1.60. The van der Waals surface area contributed by atoms with E-state index in [2.05, 4.69) is 21.2 Å². The fourth-order valence-corrected chi connectivity index (χ4v) is 3.46. The number of aromatic nitrogens is 3. The lowest BCUT2D eigenvalue weighted by atomic mass is 9.94. The number of amides is 1. The molecule has 0 unspecified atom stereocenters. The third-order valence-electron chi connectivity index (χ3n) is 3.92. The number of H-pyrrole nitrogens is 1. The molecule has 112 valence electrons. The molecule has 6 heteroatoms. The molecular weight excluding hydrogens is 284 g/mol. The van der Waals surface area contributed by atoms with Crippen LogP contribution in [0.1, 0.15) is 40.8 Å². The van der Waals surface area contributed by atoms with Crippen molar-refractivity contribution >= 4 is 17.2 Å². The van der Waals surface area contributed by atoms with Crippen LogP contribution in [0.2, 0.25) is 0 Å². The predicted molar refractivity (Wildman–Crippen MR) is 82.4 cm³/mol. The number of likely N-dealkylation sites (tertiary alicyclic amines) is 1. The molecule has 1 amide bonds. The molecule has 1 N–H and O–H groups in total. The van der Waals surface area contributed by atoms with Crippen molar-refractivity contribution in [2.75, 3.05) is 13.1 Å². The van der Waals surface area contributed by atoms with Gasteiger partial charge in [-0.05, 0) is 32.8 Å². The van der Waals surface area contributed by atoms with E-state index >= 15 is 0 Å². The summed E-state index contributed by atoms with van der Waals surface area (Å²) in [6, 6.07) is 2.09. The molecule has 0 saturated carbocycles. The monoisotopic (exact) mass is 304 g/mol. The van der Waals surface area contributed by atoms with Crippen LogP contribution in [0.15, 0.2) is 11.4 Å². The number of carbonyl (C=O) groups excluding carboxylic acids is 1. The number of thiazole rings is 1. The summed E-state index contributed by atoms with van der Waals surface area (Å²) in [4.78, 5) is 18.8. The number of rotatable bonds is 3. The Morgan fingerprint density at radius 3 is 3.05 bits per heavy atom. The van der Waals surface area contributed by atoms with E-state index in [1.54, 1.807) is 11.3 Å². The van der Waals surface area contributed by atoms with Gasteiger partial charge in [-0.15, -0.1) is 11.3 Å². The van der Waals surface area contributed by atoms with Crippen LogP contribution in [0, 0.1) is 13.8 Å². The Balaban J connectivity index is 1.64. The first-order chi connectivity index (χ1) is 10.1. The Labute approximate surface area is 128 Å². The van der Waals surface area contributed by atoms with Crippen molar-refractivity contribution in [3.63, 3.8) is 0 Å². The van der Waals surface area contributed by atoms with Gasteiger partial charge in [0.2, 0.25) is 5.91 Å². The van der Waals surface area contributed by atoms with Gasteiger partial charge in [-0.25, -0.2) is 4.98 Å². The number of nitrogens with zero attached hydrogens (tertiary/aromatic N) is 3. The molecule has 3 rings (SSSR count). The molecule has 0 bridgehead atoms. The van der Waals surface area contributed by atoms with E-state index in [0.717, 1.165) is 48.0 Å². The zero-order valence-corrected chi connectivity index (χ0v) is 13.2. The highest BCUT2D eigenvalue weighted by Gasteiger charge is 2.26. The predicted octanol–water partition coefficient (Wildman–Crippen LogP) is 2.43. The normalized spacial score (nSPS) is 19.0. The van der Waals surface area contributed by atoms with Crippen LogP contribution < -0.4 is 0 Å². The van der Waals surface area contributed by atoms with Gasteiger partial charge in [0, 0.05) is 30.1 Å². The van der Waals surface area contributed by atoms with Crippen LogP contribution >= 0.6 is 11.3 Å². The molecule has 0 radical (unpaired) electrons. The third-order valence-corrected chi connectivity index (χ3v) is 4.74. The lowest BCUT2D eigenvalue weighted by molar-refractivity contribution is -0.131. The van der Waals surface area contributed by atoms with E-state index in [-0.39, 0.29) is 5.91 Å². The summed E-state index contributed by atoms with van der Waals surface area (Å²) in [5.41, 5.74) is 3.04. The van der Waals surface area contributed by atoms with Gasteiger partial charge in [0.05, 0.1) is 22.8 Å². The van der Waals surface area contributed by atoms with Crippen LogP contribution in [0.25, 0.3) is 0 Å². The average Bonchev–Trinajstić information content (AvgIpc) is 3.08. The van der Waals surface area contributed by atoms with Crippen LogP contribution in [-0.4, -0.2) is 39.1 Å². The van der Waals surface area contributed by atoms with Gasteiger partial charge in [0.1, 0.15) is 0 Å². The SMILES string of the molecule is Cc1cc([C@H]2CCCN(C(=O)Cc3csc(C)n3)C2)n[nH]1. The van der Waals surface area contributed by atoms with E-state index in [9.17, 15) is 4.79 Å². The average molecular weight is 304 g/mol. The minimum absolute atomic E-state index is 0.178. The maximum atomic E-state index is 12.4. The number of aryl methyl sites for hydroxylation is 2. The quantitative estimate of drug-likeness (QED) is 0.947. The molecule has 0 aromatic carbocycles. The number of hydrogen-bond acceptors (Lipinski definition) is 4. The van der Waals surface area contributed by atoms with E-state index < -0.39 is 0 Å². The van der Waals surface area contributed by atoms with Gasteiger partial charge in [-0.3, -0.25) is 9.89 Å². The van der Waals surface area contributed by atoms with Gasteiger partial charge in [-0.1, -0.05) is 0 Å². The fraction of sp³-hybridized carbons (Fsp3) is 0.533. The first kappa shape index (κ1) is 14.3.